The Morgan fingerprint density at radius 1 is 1.20 bits per heavy atom. The molecule has 0 aliphatic carbocycles. The van der Waals surface area contributed by atoms with E-state index in [1.165, 1.54) is 0 Å². The molecule has 0 aromatic carbocycles. The quantitative estimate of drug-likeness (QED) is 0.273. The van der Waals surface area contributed by atoms with Crippen molar-refractivity contribution in [2.45, 2.75) is 19.3 Å². The minimum absolute atomic E-state index is 0.647. The van der Waals surface area contributed by atoms with Crippen molar-refractivity contribution in [1.82, 2.24) is 0 Å². The fourth-order valence-electron chi connectivity index (χ4n) is 1.14. The maximum Gasteiger partial charge on any atom is 0.103 e. The first-order chi connectivity index (χ1) is 7.29. The van der Waals surface area contributed by atoms with Crippen LogP contribution >= 0.6 is 0 Å². The van der Waals surface area contributed by atoms with Crippen molar-refractivity contribution >= 4 is 0 Å². The molecule has 0 unspecified atom stereocenters. The van der Waals surface area contributed by atoms with Gasteiger partial charge in [0.1, 0.15) is 5.76 Å². The minimum atomic E-state index is 0.647. The SMILES string of the molecule is C=CCCOC(CCCN)=C(C=C)C=C. The number of rotatable bonds is 9. The average Bonchev–Trinajstić information content (AvgIpc) is 2.26. The zero-order valence-electron chi connectivity index (χ0n) is 9.37. The highest BCUT2D eigenvalue weighted by molar-refractivity contribution is 5.30. The van der Waals surface area contributed by atoms with E-state index in [4.69, 9.17) is 10.5 Å². The lowest BCUT2D eigenvalue weighted by Crippen LogP contribution is -2.03. The molecule has 0 saturated carbocycles. The summed E-state index contributed by atoms with van der Waals surface area (Å²) in [5.41, 5.74) is 6.42. The molecule has 0 fully saturated rings. The fraction of sp³-hybridized carbons (Fsp3) is 0.385. The first kappa shape index (κ1) is 13.7. The van der Waals surface area contributed by atoms with Gasteiger partial charge in [-0.3, -0.25) is 0 Å². The lowest BCUT2D eigenvalue weighted by atomic mass is 10.1. The smallest absolute Gasteiger partial charge is 0.103 e. The first-order valence-corrected chi connectivity index (χ1v) is 5.21. The van der Waals surface area contributed by atoms with Crippen LogP contribution in [0.25, 0.3) is 0 Å². The Balaban J connectivity index is 4.39. The second-order valence-electron chi connectivity index (χ2n) is 3.10. The van der Waals surface area contributed by atoms with E-state index in [1.54, 1.807) is 12.2 Å². The zero-order chi connectivity index (χ0) is 11.5. The maximum atomic E-state index is 5.64. The molecule has 0 heterocycles. The van der Waals surface area contributed by atoms with E-state index in [0.717, 1.165) is 30.6 Å². The molecule has 2 N–H and O–H groups in total. The molecule has 0 aliphatic heterocycles. The standard InChI is InChI=1S/C13H21NO/c1-4-7-11-15-13(9-8-10-14)12(5-2)6-3/h4-6H,1-3,7-11,14H2. The van der Waals surface area contributed by atoms with E-state index in [0.29, 0.717) is 13.2 Å². The Morgan fingerprint density at radius 3 is 2.33 bits per heavy atom. The maximum absolute atomic E-state index is 5.64. The van der Waals surface area contributed by atoms with Crippen molar-refractivity contribution in [2.24, 2.45) is 5.73 Å². The summed E-state index contributed by atoms with van der Waals surface area (Å²) in [7, 11) is 0. The van der Waals surface area contributed by atoms with Gasteiger partial charge in [0.05, 0.1) is 6.61 Å². The van der Waals surface area contributed by atoms with Crippen LogP contribution in [0, 0.1) is 0 Å². The van der Waals surface area contributed by atoms with Gasteiger partial charge in [0.15, 0.2) is 0 Å². The summed E-state index contributed by atoms with van der Waals surface area (Å²) in [5.74, 6) is 0.923. The topological polar surface area (TPSA) is 35.2 Å². The van der Waals surface area contributed by atoms with Gasteiger partial charge in [-0.2, -0.15) is 0 Å². The molecule has 2 nitrogen and oxygen atoms in total. The zero-order valence-corrected chi connectivity index (χ0v) is 9.37. The van der Waals surface area contributed by atoms with Gasteiger partial charge in [0, 0.05) is 12.0 Å². The third-order valence-corrected chi connectivity index (χ3v) is 1.97. The van der Waals surface area contributed by atoms with Gasteiger partial charge in [-0.1, -0.05) is 31.4 Å². The van der Waals surface area contributed by atoms with Crippen molar-refractivity contribution < 1.29 is 4.74 Å². The Morgan fingerprint density at radius 2 is 1.87 bits per heavy atom. The fourth-order valence-corrected chi connectivity index (χ4v) is 1.14. The minimum Gasteiger partial charge on any atom is -0.497 e. The van der Waals surface area contributed by atoms with Gasteiger partial charge in [0.2, 0.25) is 0 Å². The number of hydrogen-bond donors (Lipinski definition) is 1. The van der Waals surface area contributed by atoms with Gasteiger partial charge < -0.3 is 10.5 Å². The summed E-state index contributed by atoms with van der Waals surface area (Å²) >= 11 is 0. The van der Waals surface area contributed by atoms with E-state index < -0.39 is 0 Å². The number of hydrogen-bond acceptors (Lipinski definition) is 2. The van der Waals surface area contributed by atoms with Gasteiger partial charge in [0.25, 0.3) is 0 Å². The molecule has 0 atom stereocenters. The molecular weight excluding hydrogens is 186 g/mol. The third kappa shape index (κ3) is 5.92. The molecule has 2 heteroatoms. The second-order valence-corrected chi connectivity index (χ2v) is 3.10. The molecule has 0 aliphatic rings. The van der Waals surface area contributed by atoms with Gasteiger partial charge in [-0.25, -0.2) is 0 Å². The summed E-state index contributed by atoms with van der Waals surface area (Å²) in [6, 6.07) is 0. The van der Waals surface area contributed by atoms with Crippen LogP contribution in [0.15, 0.2) is 49.3 Å². The highest BCUT2D eigenvalue weighted by Gasteiger charge is 2.02. The molecule has 0 radical (unpaired) electrons. The molecule has 84 valence electrons. The van der Waals surface area contributed by atoms with E-state index in [-0.39, 0.29) is 0 Å². The van der Waals surface area contributed by atoms with Gasteiger partial charge in [-0.15, -0.1) is 6.58 Å². The average molecular weight is 207 g/mol. The largest absolute Gasteiger partial charge is 0.497 e. The molecule has 0 amide bonds. The highest BCUT2D eigenvalue weighted by Crippen LogP contribution is 2.15. The lowest BCUT2D eigenvalue weighted by Gasteiger charge is -2.11. The first-order valence-electron chi connectivity index (χ1n) is 5.21. The van der Waals surface area contributed by atoms with Crippen molar-refractivity contribution in [1.29, 1.82) is 0 Å². The molecule has 0 bridgehead atoms. The van der Waals surface area contributed by atoms with Crippen LogP contribution < -0.4 is 5.73 Å². The summed E-state index contributed by atoms with van der Waals surface area (Å²) in [5, 5.41) is 0. The van der Waals surface area contributed by atoms with Crippen LogP contribution in [0.1, 0.15) is 19.3 Å². The number of ether oxygens (including phenoxy) is 1. The molecule has 15 heavy (non-hydrogen) atoms. The Hall–Kier alpha value is -1.28. The normalized spacial score (nSPS) is 9.13. The summed E-state index contributed by atoms with van der Waals surface area (Å²) in [4.78, 5) is 0. The van der Waals surface area contributed by atoms with E-state index >= 15 is 0 Å². The highest BCUT2D eigenvalue weighted by atomic mass is 16.5. The monoisotopic (exact) mass is 207 g/mol. The van der Waals surface area contributed by atoms with Crippen molar-refractivity contribution in [2.75, 3.05) is 13.2 Å². The second kappa shape index (κ2) is 9.28. The van der Waals surface area contributed by atoms with Crippen LogP contribution in [-0.2, 0) is 4.74 Å². The molecule has 0 rings (SSSR count). The summed E-state index contributed by atoms with van der Waals surface area (Å²) in [6.45, 7) is 12.4. The summed E-state index contributed by atoms with van der Waals surface area (Å²) < 4.78 is 5.64. The predicted molar refractivity (Wildman–Crippen MR) is 66.5 cm³/mol. The van der Waals surface area contributed by atoms with Crippen LogP contribution in [0.2, 0.25) is 0 Å². The van der Waals surface area contributed by atoms with Crippen molar-refractivity contribution in [3.8, 4) is 0 Å². The van der Waals surface area contributed by atoms with E-state index in [1.807, 2.05) is 6.08 Å². The molecule has 0 aromatic rings. The Kier molecular flexibility index (Phi) is 8.49. The summed E-state index contributed by atoms with van der Waals surface area (Å²) in [6.07, 6.45) is 7.94. The third-order valence-electron chi connectivity index (χ3n) is 1.97. The number of nitrogens with two attached hydrogens (primary N) is 1. The van der Waals surface area contributed by atoms with Crippen LogP contribution in [-0.4, -0.2) is 13.2 Å². The molecular formula is C13H21NO. The Bertz CT molecular complexity index is 231. The van der Waals surface area contributed by atoms with Crippen LogP contribution in [0.4, 0.5) is 0 Å². The molecule has 0 spiro atoms. The van der Waals surface area contributed by atoms with Crippen LogP contribution in [0.3, 0.4) is 0 Å². The van der Waals surface area contributed by atoms with Gasteiger partial charge >= 0.3 is 0 Å². The van der Waals surface area contributed by atoms with Crippen molar-refractivity contribution in [3.63, 3.8) is 0 Å². The van der Waals surface area contributed by atoms with E-state index in [2.05, 4.69) is 19.7 Å². The lowest BCUT2D eigenvalue weighted by molar-refractivity contribution is 0.205. The van der Waals surface area contributed by atoms with Gasteiger partial charge in [-0.05, 0) is 19.4 Å². The predicted octanol–water partition coefficient (Wildman–Crippen LogP) is 2.94. The van der Waals surface area contributed by atoms with Crippen LogP contribution in [0.5, 0.6) is 0 Å². The van der Waals surface area contributed by atoms with Crippen molar-refractivity contribution in [3.05, 3.63) is 49.3 Å². The molecule has 0 aromatic heterocycles. The number of allylic oxidation sites excluding steroid dienone is 4. The Labute approximate surface area is 92.8 Å². The van der Waals surface area contributed by atoms with E-state index in [9.17, 15) is 0 Å². The molecule has 0 saturated heterocycles.